The topological polar surface area (TPSA) is 105 Å². The number of carbonyl (C=O) groups is 1. The fraction of sp³-hybridized carbons (Fsp3) is 0.0588. The third-order valence-electron chi connectivity index (χ3n) is 3.45. The summed E-state index contributed by atoms with van der Waals surface area (Å²) in [5.74, 6) is -0.113. The number of phenolic OH excluding ortho intramolecular Hbond substituents is 1. The number of non-ortho nitro benzene ring substituents is 1. The first kappa shape index (κ1) is 16.7. The molecule has 0 aromatic heterocycles. The standard InChI is InChI=1S/C17H13N3O4S/c1-10-8-12(20(23)24)4-7-14(10)18-17-19-16(22)15(25-17)9-11-2-5-13(21)6-3-11/h2-9,21H,1H3,(H,18,19,22)/b15-9+. The van der Waals surface area contributed by atoms with Crippen molar-refractivity contribution in [2.75, 3.05) is 0 Å². The first-order valence-corrected chi connectivity index (χ1v) is 8.08. The Bertz CT molecular complexity index is 920. The van der Waals surface area contributed by atoms with Gasteiger partial charge in [-0.15, -0.1) is 0 Å². The molecule has 0 saturated carbocycles. The third-order valence-corrected chi connectivity index (χ3v) is 4.36. The Kier molecular flexibility index (Phi) is 4.53. The summed E-state index contributed by atoms with van der Waals surface area (Å²) in [6, 6.07) is 10.8. The maximum Gasteiger partial charge on any atom is 0.269 e. The highest BCUT2D eigenvalue weighted by atomic mass is 32.2. The second kappa shape index (κ2) is 6.78. The maximum atomic E-state index is 12.1. The van der Waals surface area contributed by atoms with Gasteiger partial charge in [-0.2, -0.15) is 0 Å². The van der Waals surface area contributed by atoms with Gasteiger partial charge < -0.3 is 10.4 Å². The minimum Gasteiger partial charge on any atom is -0.508 e. The molecular formula is C17H13N3O4S. The molecule has 0 bridgehead atoms. The monoisotopic (exact) mass is 355 g/mol. The van der Waals surface area contributed by atoms with E-state index in [-0.39, 0.29) is 17.3 Å². The molecule has 0 unspecified atom stereocenters. The van der Waals surface area contributed by atoms with E-state index in [1.54, 1.807) is 43.3 Å². The number of thioether (sulfide) groups is 1. The van der Waals surface area contributed by atoms with E-state index in [0.717, 1.165) is 5.56 Å². The van der Waals surface area contributed by atoms with Crippen LogP contribution in [-0.2, 0) is 4.79 Å². The lowest BCUT2D eigenvalue weighted by Crippen LogP contribution is -2.19. The quantitative estimate of drug-likeness (QED) is 0.498. The summed E-state index contributed by atoms with van der Waals surface area (Å²) in [6.07, 6.45) is 1.70. The normalized spacial score (nSPS) is 17.1. The summed E-state index contributed by atoms with van der Waals surface area (Å²) in [6.45, 7) is 1.72. The Morgan fingerprint density at radius 2 is 1.96 bits per heavy atom. The molecule has 2 aromatic rings. The lowest BCUT2D eigenvalue weighted by atomic mass is 10.2. The summed E-state index contributed by atoms with van der Waals surface area (Å²) in [4.78, 5) is 27.2. The average molecular weight is 355 g/mol. The van der Waals surface area contributed by atoms with Gasteiger partial charge in [0.15, 0.2) is 5.17 Å². The summed E-state index contributed by atoms with van der Waals surface area (Å²) in [7, 11) is 0. The van der Waals surface area contributed by atoms with Crippen molar-refractivity contribution in [1.82, 2.24) is 5.32 Å². The summed E-state index contributed by atoms with van der Waals surface area (Å²) in [5, 5.41) is 23.1. The number of nitrogens with zero attached hydrogens (tertiary/aromatic N) is 2. The fourth-order valence-electron chi connectivity index (χ4n) is 2.19. The number of aromatic hydroxyl groups is 1. The number of aliphatic imine (C=N–C) groups is 1. The predicted octanol–water partition coefficient (Wildman–Crippen LogP) is 3.50. The molecular weight excluding hydrogens is 342 g/mol. The first-order valence-electron chi connectivity index (χ1n) is 7.26. The van der Waals surface area contributed by atoms with E-state index < -0.39 is 4.92 Å². The highest BCUT2D eigenvalue weighted by Crippen LogP contribution is 2.30. The Morgan fingerprint density at radius 1 is 1.24 bits per heavy atom. The predicted molar refractivity (Wildman–Crippen MR) is 96.7 cm³/mol. The number of amides is 1. The van der Waals surface area contributed by atoms with Gasteiger partial charge in [-0.05, 0) is 54.1 Å². The number of amidine groups is 1. The van der Waals surface area contributed by atoms with Crippen LogP contribution in [0.4, 0.5) is 11.4 Å². The Labute approximate surface area is 147 Å². The molecule has 2 N–H and O–H groups in total. The number of phenols is 1. The smallest absolute Gasteiger partial charge is 0.269 e. The molecule has 1 heterocycles. The van der Waals surface area contributed by atoms with E-state index in [0.29, 0.717) is 21.3 Å². The van der Waals surface area contributed by atoms with Crippen LogP contribution < -0.4 is 5.32 Å². The Morgan fingerprint density at radius 3 is 2.60 bits per heavy atom. The number of benzene rings is 2. The van der Waals surface area contributed by atoms with Crippen LogP contribution in [0.1, 0.15) is 11.1 Å². The van der Waals surface area contributed by atoms with Crippen molar-refractivity contribution >= 4 is 40.3 Å². The van der Waals surface area contributed by atoms with Crippen molar-refractivity contribution < 1.29 is 14.8 Å². The number of nitrogens with one attached hydrogen (secondary N) is 1. The summed E-state index contributed by atoms with van der Waals surface area (Å²) in [5.41, 5.74) is 1.98. The SMILES string of the molecule is Cc1cc([N+](=O)[O-])ccc1N=C1NC(=O)/C(=C\c2ccc(O)cc2)S1. The molecule has 0 radical (unpaired) electrons. The molecule has 1 amide bonds. The fourth-order valence-corrected chi connectivity index (χ4v) is 3.03. The van der Waals surface area contributed by atoms with Gasteiger partial charge in [0, 0.05) is 12.1 Å². The van der Waals surface area contributed by atoms with Crippen molar-refractivity contribution in [2.45, 2.75) is 6.92 Å². The van der Waals surface area contributed by atoms with Crippen LogP contribution >= 0.6 is 11.8 Å². The number of nitro groups is 1. The van der Waals surface area contributed by atoms with Crippen LogP contribution in [-0.4, -0.2) is 21.1 Å². The van der Waals surface area contributed by atoms with E-state index in [1.807, 2.05) is 0 Å². The van der Waals surface area contributed by atoms with Gasteiger partial charge in [0.25, 0.3) is 11.6 Å². The van der Waals surface area contributed by atoms with Crippen molar-refractivity contribution in [3.05, 3.63) is 68.6 Å². The third kappa shape index (κ3) is 3.86. The van der Waals surface area contributed by atoms with Crippen molar-refractivity contribution in [1.29, 1.82) is 0 Å². The van der Waals surface area contributed by atoms with Crippen molar-refractivity contribution in [3.8, 4) is 5.75 Å². The molecule has 7 nitrogen and oxygen atoms in total. The van der Waals surface area contributed by atoms with Gasteiger partial charge in [-0.1, -0.05) is 12.1 Å². The number of carbonyl (C=O) groups excluding carboxylic acids is 1. The number of nitro benzene ring substituents is 1. The van der Waals surface area contributed by atoms with Crippen LogP contribution in [0.2, 0.25) is 0 Å². The van der Waals surface area contributed by atoms with Gasteiger partial charge in [-0.25, -0.2) is 4.99 Å². The molecule has 3 rings (SSSR count). The zero-order chi connectivity index (χ0) is 18.0. The van der Waals surface area contributed by atoms with Gasteiger partial charge in [0.1, 0.15) is 5.75 Å². The highest BCUT2D eigenvalue weighted by molar-refractivity contribution is 8.18. The van der Waals surface area contributed by atoms with E-state index in [9.17, 15) is 20.0 Å². The molecule has 8 heteroatoms. The molecule has 1 aliphatic heterocycles. The lowest BCUT2D eigenvalue weighted by Gasteiger charge is -2.01. The minimum atomic E-state index is -0.464. The molecule has 0 atom stereocenters. The molecule has 1 saturated heterocycles. The summed E-state index contributed by atoms with van der Waals surface area (Å²) >= 11 is 1.19. The first-order chi connectivity index (χ1) is 11.9. The lowest BCUT2D eigenvalue weighted by molar-refractivity contribution is -0.384. The molecule has 2 aromatic carbocycles. The van der Waals surface area contributed by atoms with Crippen molar-refractivity contribution in [2.24, 2.45) is 4.99 Å². The minimum absolute atomic E-state index is 0.00234. The molecule has 25 heavy (non-hydrogen) atoms. The molecule has 1 fully saturated rings. The maximum absolute atomic E-state index is 12.1. The Hall–Kier alpha value is -3.13. The Balaban J connectivity index is 1.83. The van der Waals surface area contributed by atoms with Gasteiger partial charge in [0.05, 0.1) is 15.5 Å². The zero-order valence-electron chi connectivity index (χ0n) is 13.1. The van der Waals surface area contributed by atoms with Crippen LogP contribution in [0.5, 0.6) is 5.75 Å². The zero-order valence-corrected chi connectivity index (χ0v) is 13.9. The number of hydrogen-bond donors (Lipinski definition) is 2. The van der Waals surface area contributed by atoms with Crippen LogP contribution in [0, 0.1) is 17.0 Å². The van der Waals surface area contributed by atoms with Crippen LogP contribution in [0.15, 0.2) is 52.4 Å². The highest BCUT2D eigenvalue weighted by Gasteiger charge is 2.24. The van der Waals surface area contributed by atoms with Crippen LogP contribution in [0.25, 0.3) is 6.08 Å². The van der Waals surface area contributed by atoms with E-state index in [1.165, 1.54) is 23.9 Å². The average Bonchev–Trinajstić information content (AvgIpc) is 2.91. The molecule has 0 spiro atoms. The van der Waals surface area contributed by atoms with E-state index in [2.05, 4.69) is 10.3 Å². The number of rotatable bonds is 3. The molecule has 1 aliphatic rings. The molecule has 126 valence electrons. The second-order valence-corrected chi connectivity index (χ2v) is 6.33. The molecule has 0 aliphatic carbocycles. The van der Waals surface area contributed by atoms with E-state index in [4.69, 9.17) is 0 Å². The van der Waals surface area contributed by atoms with Gasteiger partial charge in [-0.3, -0.25) is 14.9 Å². The van der Waals surface area contributed by atoms with Gasteiger partial charge >= 0.3 is 0 Å². The number of aryl methyl sites for hydroxylation is 1. The second-order valence-electron chi connectivity index (χ2n) is 5.30. The number of hydrogen-bond acceptors (Lipinski definition) is 6. The van der Waals surface area contributed by atoms with Crippen LogP contribution in [0.3, 0.4) is 0 Å². The van der Waals surface area contributed by atoms with E-state index >= 15 is 0 Å². The van der Waals surface area contributed by atoms with Gasteiger partial charge in [0.2, 0.25) is 0 Å². The van der Waals surface area contributed by atoms with Crippen molar-refractivity contribution in [3.63, 3.8) is 0 Å². The largest absolute Gasteiger partial charge is 0.508 e. The summed E-state index contributed by atoms with van der Waals surface area (Å²) < 4.78 is 0.